The Morgan fingerprint density at radius 2 is 1.32 bits per heavy atom. The zero-order valence-electron chi connectivity index (χ0n) is 22.0. The molecule has 4 rings (SSSR count). The monoisotopic (exact) mass is 516 g/mol. The van der Waals surface area contributed by atoms with Crippen LogP contribution in [0.4, 0.5) is 0 Å². The van der Waals surface area contributed by atoms with Gasteiger partial charge in [-0.1, -0.05) is 97.9 Å². The molecule has 6 nitrogen and oxygen atoms in total. The van der Waals surface area contributed by atoms with Crippen molar-refractivity contribution in [2.45, 2.75) is 51.5 Å². The highest BCUT2D eigenvalue weighted by Crippen LogP contribution is 2.29. The van der Waals surface area contributed by atoms with Crippen LogP contribution in [0.3, 0.4) is 0 Å². The molecule has 38 heavy (non-hydrogen) atoms. The molecule has 0 aromatic heterocycles. The van der Waals surface area contributed by atoms with Gasteiger partial charge >= 0.3 is 5.97 Å². The van der Waals surface area contributed by atoms with Gasteiger partial charge in [0.2, 0.25) is 0 Å². The molecule has 0 aliphatic carbocycles. The first-order valence-electron chi connectivity index (χ1n) is 13.0. The van der Waals surface area contributed by atoms with E-state index in [1.54, 1.807) is 0 Å². The summed E-state index contributed by atoms with van der Waals surface area (Å²) in [6.45, 7) is 3.43. The largest absolute Gasteiger partial charge is 0.490 e. The van der Waals surface area contributed by atoms with Crippen molar-refractivity contribution in [3.8, 4) is 0 Å². The van der Waals surface area contributed by atoms with Crippen molar-refractivity contribution in [2.75, 3.05) is 13.7 Å². The molecule has 0 fully saturated rings. The van der Waals surface area contributed by atoms with E-state index in [1.807, 2.05) is 104 Å². The molecule has 1 unspecified atom stereocenters. The van der Waals surface area contributed by atoms with Gasteiger partial charge in [-0.3, -0.25) is 4.79 Å². The van der Waals surface area contributed by atoms with Gasteiger partial charge in [0.25, 0.3) is 0 Å². The third-order valence-corrected chi connectivity index (χ3v) is 6.42. The van der Waals surface area contributed by atoms with Crippen molar-refractivity contribution < 1.29 is 28.5 Å². The number of ether oxygens (including phenoxy) is 5. The van der Waals surface area contributed by atoms with Gasteiger partial charge in [-0.2, -0.15) is 0 Å². The Morgan fingerprint density at radius 1 is 0.789 bits per heavy atom. The molecule has 200 valence electrons. The molecule has 4 atom stereocenters. The van der Waals surface area contributed by atoms with Gasteiger partial charge in [-0.05, 0) is 22.8 Å². The Morgan fingerprint density at radius 3 is 1.87 bits per heavy atom. The van der Waals surface area contributed by atoms with Gasteiger partial charge < -0.3 is 23.7 Å². The molecule has 0 amide bonds. The lowest BCUT2D eigenvalue weighted by Crippen LogP contribution is -2.47. The van der Waals surface area contributed by atoms with Crippen molar-refractivity contribution >= 4 is 5.97 Å². The van der Waals surface area contributed by atoms with E-state index in [2.05, 4.69) is 0 Å². The van der Waals surface area contributed by atoms with Crippen molar-refractivity contribution in [1.29, 1.82) is 0 Å². The highest BCUT2D eigenvalue weighted by molar-refractivity contribution is 5.72. The Balaban J connectivity index is 1.53. The van der Waals surface area contributed by atoms with Gasteiger partial charge in [-0.15, -0.1) is 0 Å². The zero-order valence-corrected chi connectivity index (χ0v) is 22.0. The van der Waals surface area contributed by atoms with E-state index in [-0.39, 0.29) is 11.9 Å². The van der Waals surface area contributed by atoms with Crippen LogP contribution in [0, 0.1) is 5.92 Å². The molecule has 1 aliphatic heterocycles. The first-order valence-corrected chi connectivity index (χ1v) is 13.0. The number of methoxy groups -OCH3 is 1. The molecule has 0 bridgehead atoms. The molecular weight excluding hydrogens is 480 g/mol. The minimum Gasteiger partial charge on any atom is -0.490 e. The Hall–Kier alpha value is -3.45. The van der Waals surface area contributed by atoms with Crippen LogP contribution in [-0.4, -0.2) is 38.0 Å². The van der Waals surface area contributed by atoms with E-state index >= 15 is 0 Å². The summed E-state index contributed by atoms with van der Waals surface area (Å²) in [6.07, 6.45) is 1.11. The number of esters is 1. The molecule has 0 saturated carbocycles. The molecule has 0 spiro atoms. The highest BCUT2D eigenvalue weighted by Gasteiger charge is 2.37. The fraction of sp³-hybridized carbons (Fsp3) is 0.344. The quantitative estimate of drug-likeness (QED) is 0.265. The predicted octanol–water partition coefficient (Wildman–Crippen LogP) is 5.86. The molecule has 1 heterocycles. The van der Waals surface area contributed by atoms with Crippen LogP contribution < -0.4 is 0 Å². The number of allylic oxidation sites excluding steroid dienone is 1. The molecule has 0 saturated heterocycles. The fourth-order valence-corrected chi connectivity index (χ4v) is 4.37. The minimum atomic E-state index is -0.423. The third-order valence-electron chi connectivity index (χ3n) is 6.42. The standard InChI is InChI=1S/C32H36O6/c1-24(32(33)34-2)18-28-19-29(36-21-26-14-8-4-9-15-26)31(37-22-27-16-10-5-11-17-27)30(38-28)23-35-20-25-12-6-3-7-13-25/h3-17,19,24,29-31H,18,20-23H2,1-2H3/t24?,29-,30-,31-/m1/s1. The Bertz CT molecular complexity index is 1130. The number of hydrogen-bond donors (Lipinski definition) is 0. The zero-order chi connectivity index (χ0) is 26.6. The number of carbonyl (C=O) groups is 1. The van der Waals surface area contributed by atoms with Gasteiger partial charge in [0.05, 0.1) is 45.2 Å². The summed E-state index contributed by atoms with van der Waals surface area (Å²) in [6, 6.07) is 30.1. The lowest BCUT2D eigenvalue weighted by molar-refractivity contribution is -0.157. The third kappa shape index (κ3) is 8.28. The second-order valence-electron chi connectivity index (χ2n) is 9.44. The van der Waals surface area contributed by atoms with Crippen molar-refractivity contribution in [3.05, 3.63) is 120 Å². The van der Waals surface area contributed by atoms with Crippen LogP contribution in [0.1, 0.15) is 30.0 Å². The SMILES string of the molecule is COC(=O)C(C)CC1=C[C@@H](OCc2ccccc2)[C@@H](OCc2ccccc2)[C@@H](COCc2ccccc2)O1. The maximum atomic E-state index is 12.1. The average Bonchev–Trinajstić information content (AvgIpc) is 2.96. The van der Waals surface area contributed by atoms with Crippen LogP contribution in [-0.2, 0) is 48.3 Å². The summed E-state index contributed by atoms with van der Waals surface area (Å²) in [4.78, 5) is 12.1. The second-order valence-corrected chi connectivity index (χ2v) is 9.44. The van der Waals surface area contributed by atoms with Crippen LogP contribution in [0.25, 0.3) is 0 Å². The van der Waals surface area contributed by atoms with E-state index in [0.717, 1.165) is 16.7 Å². The molecule has 3 aromatic carbocycles. The summed E-state index contributed by atoms with van der Waals surface area (Å²) < 4.78 is 30.3. The Kier molecular flexibility index (Phi) is 10.5. The number of benzene rings is 3. The van der Waals surface area contributed by atoms with E-state index in [9.17, 15) is 4.79 Å². The second kappa shape index (κ2) is 14.5. The van der Waals surface area contributed by atoms with Crippen LogP contribution >= 0.6 is 0 Å². The first kappa shape index (κ1) is 27.6. The first-order chi connectivity index (χ1) is 18.6. The normalized spacial score (nSPS) is 19.7. The summed E-state index contributed by atoms with van der Waals surface area (Å²) in [5.74, 6) is 0.0399. The number of rotatable bonds is 13. The lowest BCUT2D eigenvalue weighted by atomic mass is 9.99. The van der Waals surface area contributed by atoms with Crippen LogP contribution in [0.2, 0.25) is 0 Å². The van der Waals surface area contributed by atoms with Gasteiger partial charge in [0.15, 0.2) is 6.10 Å². The number of carbonyl (C=O) groups excluding carboxylic acids is 1. The molecule has 6 heteroatoms. The minimum absolute atomic E-state index is 0.282. The lowest BCUT2D eigenvalue weighted by Gasteiger charge is -2.37. The van der Waals surface area contributed by atoms with E-state index in [4.69, 9.17) is 23.7 Å². The molecule has 0 N–H and O–H groups in total. The fourth-order valence-electron chi connectivity index (χ4n) is 4.37. The van der Waals surface area contributed by atoms with E-state index < -0.39 is 18.3 Å². The van der Waals surface area contributed by atoms with Crippen molar-refractivity contribution in [2.24, 2.45) is 5.92 Å². The molecular formula is C32H36O6. The van der Waals surface area contributed by atoms with Crippen molar-refractivity contribution in [1.82, 2.24) is 0 Å². The highest BCUT2D eigenvalue weighted by atomic mass is 16.6. The smallest absolute Gasteiger partial charge is 0.308 e. The molecule has 1 aliphatic rings. The predicted molar refractivity (Wildman–Crippen MR) is 145 cm³/mol. The van der Waals surface area contributed by atoms with Gasteiger partial charge in [0.1, 0.15) is 12.2 Å². The van der Waals surface area contributed by atoms with Gasteiger partial charge in [0, 0.05) is 6.42 Å². The summed E-state index contributed by atoms with van der Waals surface area (Å²) >= 11 is 0. The van der Waals surface area contributed by atoms with Crippen LogP contribution in [0.15, 0.2) is 103 Å². The summed E-state index contributed by atoms with van der Waals surface area (Å²) in [5, 5.41) is 0. The summed E-state index contributed by atoms with van der Waals surface area (Å²) in [7, 11) is 1.40. The van der Waals surface area contributed by atoms with E-state index in [1.165, 1.54) is 7.11 Å². The molecule has 3 aromatic rings. The van der Waals surface area contributed by atoms with Gasteiger partial charge in [-0.25, -0.2) is 0 Å². The van der Waals surface area contributed by atoms with Crippen LogP contribution in [0.5, 0.6) is 0 Å². The topological polar surface area (TPSA) is 63.2 Å². The average molecular weight is 517 g/mol. The maximum Gasteiger partial charge on any atom is 0.308 e. The van der Waals surface area contributed by atoms with E-state index in [0.29, 0.717) is 38.6 Å². The van der Waals surface area contributed by atoms with Crippen molar-refractivity contribution in [3.63, 3.8) is 0 Å². The maximum absolute atomic E-state index is 12.1. The Labute approximate surface area is 225 Å². The molecule has 0 radical (unpaired) electrons. The summed E-state index contributed by atoms with van der Waals surface area (Å²) in [5.41, 5.74) is 3.21. The number of hydrogen-bond acceptors (Lipinski definition) is 6.